The van der Waals surface area contributed by atoms with Gasteiger partial charge >= 0.3 is 0 Å². The van der Waals surface area contributed by atoms with Crippen molar-refractivity contribution in [2.75, 3.05) is 0 Å². The molecule has 0 unspecified atom stereocenters. The molecule has 0 aromatic rings. The highest BCUT2D eigenvalue weighted by Crippen LogP contribution is 2.48. The SMILES string of the molecule is CC1(C)CCCC=C2C=C21. The predicted molar refractivity (Wildman–Crippen MR) is 43.8 cm³/mol. The van der Waals surface area contributed by atoms with Gasteiger partial charge in [-0.1, -0.05) is 26.0 Å². The molecule has 0 aliphatic heterocycles. The van der Waals surface area contributed by atoms with Gasteiger partial charge in [0.15, 0.2) is 0 Å². The lowest BCUT2D eigenvalue weighted by Crippen LogP contribution is -2.08. The number of hydrogen-bond acceptors (Lipinski definition) is 0. The third-order valence-corrected chi connectivity index (χ3v) is 2.63. The Morgan fingerprint density at radius 2 is 2.20 bits per heavy atom. The second-order valence-electron chi connectivity index (χ2n) is 3.99. The maximum atomic E-state index is 2.38. The van der Waals surface area contributed by atoms with Gasteiger partial charge in [-0.15, -0.1) is 0 Å². The molecular weight excluding hydrogens is 120 g/mol. The second-order valence-corrected chi connectivity index (χ2v) is 3.99. The molecule has 0 N–H and O–H groups in total. The molecule has 0 atom stereocenters. The largest absolute Gasteiger partial charge is 0.0770 e. The first kappa shape index (κ1) is 6.21. The Labute approximate surface area is 62.6 Å². The summed E-state index contributed by atoms with van der Waals surface area (Å²) in [5, 5.41) is 0. The van der Waals surface area contributed by atoms with Crippen molar-refractivity contribution >= 4 is 0 Å². The zero-order valence-corrected chi connectivity index (χ0v) is 6.78. The minimum Gasteiger partial charge on any atom is -0.0770 e. The van der Waals surface area contributed by atoms with Crippen LogP contribution >= 0.6 is 0 Å². The van der Waals surface area contributed by atoms with Gasteiger partial charge in [0.05, 0.1) is 0 Å². The molecule has 2 aliphatic rings. The fraction of sp³-hybridized carbons (Fsp3) is 0.600. The van der Waals surface area contributed by atoms with Crippen LogP contribution in [0.15, 0.2) is 23.3 Å². The van der Waals surface area contributed by atoms with Crippen molar-refractivity contribution in [3.05, 3.63) is 23.3 Å². The Kier molecular flexibility index (Phi) is 1.08. The Balaban J connectivity index is 2.25. The molecular formula is C10H14. The molecule has 2 aliphatic carbocycles. The minimum absolute atomic E-state index is 0.488. The van der Waals surface area contributed by atoms with Crippen molar-refractivity contribution in [3.8, 4) is 0 Å². The molecule has 0 heterocycles. The summed E-state index contributed by atoms with van der Waals surface area (Å²) < 4.78 is 0. The van der Waals surface area contributed by atoms with Crippen LogP contribution in [0, 0.1) is 5.41 Å². The molecule has 0 heteroatoms. The summed E-state index contributed by atoms with van der Waals surface area (Å²) in [7, 11) is 0. The van der Waals surface area contributed by atoms with E-state index in [9.17, 15) is 0 Å². The number of fused-ring (bicyclic) bond motifs is 1. The van der Waals surface area contributed by atoms with E-state index in [-0.39, 0.29) is 0 Å². The van der Waals surface area contributed by atoms with Crippen molar-refractivity contribution in [2.24, 2.45) is 5.41 Å². The van der Waals surface area contributed by atoms with Gasteiger partial charge in [-0.25, -0.2) is 0 Å². The van der Waals surface area contributed by atoms with Gasteiger partial charge in [-0.2, -0.15) is 0 Å². The zero-order valence-electron chi connectivity index (χ0n) is 6.78. The quantitative estimate of drug-likeness (QED) is 0.477. The van der Waals surface area contributed by atoms with Crippen LogP contribution in [0.4, 0.5) is 0 Å². The highest BCUT2D eigenvalue weighted by Gasteiger charge is 2.33. The summed E-state index contributed by atoms with van der Waals surface area (Å²) in [6.45, 7) is 4.70. The summed E-state index contributed by atoms with van der Waals surface area (Å²) >= 11 is 0. The average molecular weight is 134 g/mol. The summed E-state index contributed by atoms with van der Waals surface area (Å²) in [4.78, 5) is 0. The van der Waals surface area contributed by atoms with Crippen LogP contribution in [-0.2, 0) is 0 Å². The van der Waals surface area contributed by atoms with E-state index in [1.807, 2.05) is 0 Å². The van der Waals surface area contributed by atoms with Crippen LogP contribution in [0.3, 0.4) is 0 Å². The standard InChI is InChI=1S/C10H14/c1-10(2)6-4-3-5-8-7-9(8)10/h5,7H,3-4,6H2,1-2H3. The maximum Gasteiger partial charge on any atom is -0.00974 e. The first-order valence-corrected chi connectivity index (χ1v) is 4.13. The summed E-state index contributed by atoms with van der Waals surface area (Å²) in [5.74, 6) is 0. The van der Waals surface area contributed by atoms with Crippen molar-refractivity contribution < 1.29 is 0 Å². The van der Waals surface area contributed by atoms with Crippen molar-refractivity contribution in [1.82, 2.24) is 0 Å². The summed E-state index contributed by atoms with van der Waals surface area (Å²) in [5.41, 5.74) is 3.65. The lowest BCUT2D eigenvalue weighted by Gasteiger charge is -2.19. The number of hydrogen-bond donors (Lipinski definition) is 0. The molecule has 0 saturated heterocycles. The zero-order chi connectivity index (χ0) is 7.19. The smallest absolute Gasteiger partial charge is 0.00974 e. The average Bonchev–Trinajstić information content (AvgIpc) is 2.56. The van der Waals surface area contributed by atoms with E-state index >= 15 is 0 Å². The Bertz CT molecular complexity index is 216. The number of rotatable bonds is 0. The molecule has 0 bridgehead atoms. The molecule has 0 amide bonds. The lowest BCUT2D eigenvalue weighted by atomic mass is 9.85. The topological polar surface area (TPSA) is 0 Å². The van der Waals surface area contributed by atoms with Gasteiger partial charge in [0.25, 0.3) is 0 Å². The highest BCUT2D eigenvalue weighted by molar-refractivity contribution is 5.60. The molecule has 0 fully saturated rings. The van der Waals surface area contributed by atoms with Gasteiger partial charge < -0.3 is 0 Å². The van der Waals surface area contributed by atoms with Crippen LogP contribution in [0.25, 0.3) is 0 Å². The first-order valence-electron chi connectivity index (χ1n) is 4.13. The van der Waals surface area contributed by atoms with E-state index in [0.29, 0.717) is 5.41 Å². The van der Waals surface area contributed by atoms with Crippen LogP contribution in [0.1, 0.15) is 33.1 Å². The fourth-order valence-electron chi connectivity index (χ4n) is 1.81. The maximum absolute atomic E-state index is 2.38. The molecule has 0 aromatic heterocycles. The molecule has 0 radical (unpaired) electrons. The third kappa shape index (κ3) is 0.828. The Morgan fingerprint density at radius 1 is 1.40 bits per heavy atom. The summed E-state index contributed by atoms with van der Waals surface area (Å²) in [6, 6.07) is 0. The van der Waals surface area contributed by atoms with E-state index < -0.39 is 0 Å². The molecule has 0 saturated carbocycles. The third-order valence-electron chi connectivity index (χ3n) is 2.63. The van der Waals surface area contributed by atoms with Crippen LogP contribution < -0.4 is 0 Å². The van der Waals surface area contributed by atoms with Gasteiger partial charge in [-0.3, -0.25) is 0 Å². The van der Waals surface area contributed by atoms with Crippen LogP contribution in [-0.4, -0.2) is 0 Å². The van der Waals surface area contributed by atoms with E-state index in [1.54, 1.807) is 11.1 Å². The van der Waals surface area contributed by atoms with Gasteiger partial charge in [0, 0.05) is 0 Å². The Hall–Kier alpha value is -0.520. The monoisotopic (exact) mass is 134 g/mol. The van der Waals surface area contributed by atoms with Crippen LogP contribution in [0.2, 0.25) is 0 Å². The first-order chi connectivity index (χ1) is 4.70. The Morgan fingerprint density at radius 3 is 3.00 bits per heavy atom. The van der Waals surface area contributed by atoms with Crippen LogP contribution in [0.5, 0.6) is 0 Å². The lowest BCUT2D eigenvalue weighted by molar-refractivity contribution is 0.418. The van der Waals surface area contributed by atoms with E-state index in [1.165, 1.54) is 19.3 Å². The van der Waals surface area contributed by atoms with Crippen molar-refractivity contribution in [1.29, 1.82) is 0 Å². The second kappa shape index (κ2) is 1.75. The molecule has 10 heavy (non-hydrogen) atoms. The fourth-order valence-corrected chi connectivity index (χ4v) is 1.81. The van der Waals surface area contributed by atoms with Crippen molar-refractivity contribution in [2.45, 2.75) is 33.1 Å². The molecule has 0 nitrogen and oxygen atoms in total. The normalized spacial score (nSPS) is 27.8. The van der Waals surface area contributed by atoms with E-state index in [2.05, 4.69) is 26.0 Å². The van der Waals surface area contributed by atoms with E-state index in [4.69, 9.17) is 0 Å². The van der Waals surface area contributed by atoms with Gasteiger partial charge in [0.2, 0.25) is 0 Å². The van der Waals surface area contributed by atoms with Gasteiger partial charge in [-0.05, 0) is 35.8 Å². The molecule has 2 rings (SSSR count). The molecule has 0 spiro atoms. The predicted octanol–water partition coefficient (Wildman–Crippen LogP) is 3.06. The minimum atomic E-state index is 0.488. The number of allylic oxidation sites excluding steroid dienone is 4. The van der Waals surface area contributed by atoms with Crippen molar-refractivity contribution in [3.63, 3.8) is 0 Å². The molecule has 54 valence electrons. The molecule has 0 aromatic carbocycles. The summed E-state index contributed by atoms with van der Waals surface area (Å²) in [6.07, 6.45) is 8.73. The van der Waals surface area contributed by atoms with Gasteiger partial charge in [0.1, 0.15) is 0 Å². The van der Waals surface area contributed by atoms with E-state index in [0.717, 1.165) is 0 Å². The highest BCUT2D eigenvalue weighted by atomic mass is 14.4.